The average molecular weight is 1520 g/mol. The third kappa shape index (κ3) is 78.2. The van der Waals surface area contributed by atoms with Gasteiger partial charge in [-0.3, -0.25) is 37.3 Å². The van der Waals surface area contributed by atoms with Crippen molar-refractivity contribution in [1.29, 1.82) is 0 Å². The third-order valence-electron chi connectivity index (χ3n) is 19.9. The number of phosphoric ester groups is 2. The fourth-order valence-electron chi connectivity index (χ4n) is 13.2. The Labute approximate surface area is 638 Å². The van der Waals surface area contributed by atoms with E-state index in [0.29, 0.717) is 25.7 Å². The zero-order valence-electron chi connectivity index (χ0n) is 68.5. The van der Waals surface area contributed by atoms with Crippen molar-refractivity contribution < 1.29 is 80.2 Å². The quantitative estimate of drug-likeness (QED) is 0.0222. The van der Waals surface area contributed by atoms with E-state index in [1.807, 2.05) is 0 Å². The Kier molecular flexibility index (Phi) is 73.7. The van der Waals surface area contributed by atoms with Gasteiger partial charge in [-0.1, -0.05) is 395 Å². The molecule has 5 atom stereocenters. The Balaban J connectivity index is 5.20. The molecule has 19 heteroatoms. The molecule has 17 nitrogen and oxygen atoms in total. The lowest BCUT2D eigenvalue weighted by Gasteiger charge is -2.21. The number of phosphoric acid groups is 2. The largest absolute Gasteiger partial charge is 0.472 e. The molecule has 0 saturated carbocycles. The molecule has 0 saturated heterocycles. The second kappa shape index (κ2) is 75.1. The van der Waals surface area contributed by atoms with Gasteiger partial charge in [0.05, 0.1) is 26.4 Å². The normalized spacial score (nSPS) is 13.9. The Hall–Kier alpha value is -1.94. The monoisotopic (exact) mass is 1520 g/mol. The van der Waals surface area contributed by atoms with Gasteiger partial charge < -0.3 is 33.8 Å². The zero-order chi connectivity index (χ0) is 76.5. The minimum absolute atomic E-state index is 0.104. The second-order valence-corrected chi connectivity index (χ2v) is 34.9. The maximum Gasteiger partial charge on any atom is 0.472 e. The number of hydrogen-bond acceptors (Lipinski definition) is 15. The Morgan fingerprint density at radius 2 is 0.442 bits per heavy atom. The van der Waals surface area contributed by atoms with Crippen LogP contribution in [0.4, 0.5) is 0 Å². The summed E-state index contributed by atoms with van der Waals surface area (Å²) in [6, 6.07) is 0. The summed E-state index contributed by atoms with van der Waals surface area (Å²) in [7, 11) is -9.92. The van der Waals surface area contributed by atoms with Crippen molar-refractivity contribution in [1.82, 2.24) is 0 Å². The molecule has 0 aliphatic heterocycles. The molecule has 0 spiro atoms. The predicted molar refractivity (Wildman–Crippen MR) is 428 cm³/mol. The van der Waals surface area contributed by atoms with Gasteiger partial charge in [-0.2, -0.15) is 0 Å². The van der Waals surface area contributed by atoms with Gasteiger partial charge in [0, 0.05) is 25.7 Å². The Morgan fingerprint density at radius 1 is 0.260 bits per heavy atom. The fraction of sp³-hybridized carbons (Fsp3) is 0.953. The van der Waals surface area contributed by atoms with E-state index in [4.69, 9.17) is 37.0 Å². The van der Waals surface area contributed by atoms with E-state index in [0.717, 1.165) is 108 Å². The number of rotatable bonds is 83. The Bertz CT molecular complexity index is 2010. The van der Waals surface area contributed by atoms with E-state index in [2.05, 4.69) is 48.5 Å². The molecule has 0 amide bonds. The molecular formula is C85H166O17P2. The molecule has 0 rings (SSSR count). The highest BCUT2D eigenvalue weighted by Gasteiger charge is 2.30. The molecule has 2 unspecified atom stereocenters. The van der Waals surface area contributed by atoms with E-state index in [1.54, 1.807) is 0 Å². The minimum Gasteiger partial charge on any atom is -0.462 e. The molecule has 0 aliphatic carbocycles. The second-order valence-electron chi connectivity index (χ2n) is 32.0. The van der Waals surface area contributed by atoms with Gasteiger partial charge in [-0.25, -0.2) is 9.13 Å². The molecule has 0 aromatic carbocycles. The highest BCUT2D eigenvalue weighted by atomic mass is 31.2. The molecule has 3 N–H and O–H groups in total. The number of esters is 4. The van der Waals surface area contributed by atoms with Crippen LogP contribution in [-0.4, -0.2) is 96.7 Å². The average Bonchev–Trinajstić information content (AvgIpc) is 0.904. The van der Waals surface area contributed by atoms with Gasteiger partial charge in [0.15, 0.2) is 12.2 Å². The summed E-state index contributed by atoms with van der Waals surface area (Å²) in [5.74, 6) is 0.154. The van der Waals surface area contributed by atoms with Gasteiger partial charge in [0.2, 0.25) is 0 Å². The molecule has 0 fully saturated rings. The van der Waals surface area contributed by atoms with Crippen molar-refractivity contribution in [2.75, 3.05) is 39.6 Å². The summed E-state index contributed by atoms with van der Waals surface area (Å²) >= 11 is 0. The van der Waals surface area contributed by atoms with Gasteiger partial charge in [0.25, 0.3) is 0 Å². The molecule has 0 radical (unpaired) electrons. The van der Waals surface area contributed by atoms with Crippen LogP contribution in [0.15, 0.2) is 0 Å². The number of carbonyl (C=O) groups excluding carboxylic acids is 4. The number of aliphatic hydroxyl groups is 1. The van der Waals surface area contributed by atoms with Crippen LogP contribution in [0.1, 0.15) is 447 Å². The molecule has 0 bridgehead atoms. The number of aliphatic hydroxyl groups excluding tert-OH is 1. The lowest BCUT2D eigenvalue weighted by atomic mass is 10.0. The van der Waals surface area contributed by atoms with Crippen molar-refractivity contribution in [3.63, 3.8) is 0 Å². The first-order chi connectivity index (χ1) is 50.2. The third-order valence-corrected chi connectivity index (χ3v) is 21.8. The summed E-state index contributed by atoms with van der Waals surface area (Å²) in [6.45, 7) is 11.9. The highest BCUT2D eigenvalue weighted by Crippen LogP contribution is 2.45. The summed E-state index contributed by atoms with van der Waals surface area (Å²) in [4.78, 5) is 73.1. The SMILES string of the molecule is CCCCCCCCCCCCCCCCCCCCCCCC(=O)OC[C@H](COP(=O)(O)OC[C@@H](O)COP(=O)(O)OC[C@@H](COC(=O)CCCCCCCCCCC(C)C)OC(=O)CCCCCCCCCCC(C)C)OC(=O)CCCCCCCCCCCCCCCCCCCCC(C)C. The smallest absolute Gasteiger partial charge is 0.462 e. The van der Waals surface area contributed by atoms with E-state index in [1.165, 1.54) is 257 Å². The molecular weight excluding hydrogens is 1350 g/mol. The topological polar surface area (TPSA) is 237 Å². The van der Waals surface area contributed by atoms with Crippen LogP contribution in [0.2, 0.25) is 0 Å². The van der Waals surface area contributed by atoms with E-state index in [-0.39, 0.29) is 25.7 Å². The van der Waals surface area contributed by atoms with Gasteiger partial charge >= 0.3 is 39.5 Å². The van der Waals surface area contributed by atoms with Gasteiger partial charge in [-0.15, -0.1) is 0 Å². The van der Waals surface area contributed by atoms with E-state index in [9.17, 15) is 43.2 Å². The number of hydrogen-bond donors (Lipinski definition) is 3. The standard InChI is InChI=1S/C85H166O17P2/c1-8-9-10-11-12-13-14-15-16-17-18-19-20-24-27-30-33-36-45-52-59-66-82(87)95-72-80(101-84(89)68-61-54-47-37-34-31-28-25-22-21-23-26-29-32-35-42-49-56-63-76(2)3)74-99-103(91,92)97-70-79(86)71-98-104(93,94)100-75-81(102-85(90)69-62-55-48-41-39-44-51-58-65-78(6)7)73-96-83(88)67-60-53-46-40-38-43-50-57-64-77(4)5/h76-81,86H,8-75H2,1-7H3,(H,91,92)(H,93,94)/t79-,80-,81-/m1/s1. The first kappa shape index (κ1) is 102. The van der Waals surface area contributed by atoms with E-state index >= 15 is 0 Å². The van der Waals surface area contributed by atoms with Gasteiger partial charge in [0.1, 0.15) is 19.3 Å². The lowest BCUT2D eigenvalue weighted by molar-refractivity contribution is -0.161. The number of unbranched alkanes of at least 4 members (excludes halogenated alkanes) is 51. The summed E-state index contributed by atoms with van der Waals surface area (Å²) in [5, 5.41) is 10.7. The van der Waals surface area contributed by atoms with Crippen LogP contribution in [0.3, 0.4) is 0 Å². The summed E-state index contributed by atoms with van der Waals surface area (Å²) in [6.07, 6.45) is 65.6. The highest BCUT2D eigenvalue weighted by molar-refractivity contribution is 7.47. The van der Waals surface area contributed by atoms with Crippen LogP contribution >= 0.6 is 15.6 Å². The zero-order valence-corrected chi connectivity index (χ0v) is 70.3. The van der Waals surface area contributed by atoms with E-state index < -0.39 is 97.5 Å². The first-order valence-electron chi connectivity index (χ1n) is 43.8. The number of ether oxygens (including phenoxy) is 4. The van der Waals surface area contributed by atoms with Crippen molar-refractivity contribution in [3.8, 4) is 0 Å². The summed E-state index contributed by atoms with van der Waals surface area (Å²) < 4.78 is 68.8. The minimum atomic E-state index is -4.97. The molecule has 0 aliphatic rings. The van der Waals surface area contributed by atoms with Crippen LogP contribution in [0, 0.1) is 17.8 Å². The molecule has 104 heavy (non-hydrogen) atoms. The predicted octanol–water partition coefficient (Wildman–Crippen LogP) is 25.7. The summed E-state index contributed by atoms with van der Waals surface area (Å²) in [5.41, 5.74) is 0. The molecule has 0 heterocycles. The molecule has 0 aromatic rings. The fourth-order valence-corrected chi connectivity index (χ4v) is 14.8. The van der Waals surface area contributed by atoms with Crippen molar-refractivity contribution >= 4 is 39.5 Å². The van der Waals surface area contributed by atoms with Crippen molar-refractivity contribution in [3.05, 3.63) is 0 Å². The van der Waals surface area contributed by atoms with Crippen molar-refractivity contribution in [2.45, 2.75) is 465 Å². The van der Waals surface area contributed by atoms with Crippen LogP contribution in [-0.2, 0) is 65.4 Å². The molecule has 0 aromatic heterocycles. The van der Waals surface area contributed by atoms with Crippen LogP contribution in [0.5, 0.6) is 0 Å². The maximum absolute atomic E-state index is 13.1. The first-order valence-corrected chi connectivity index (χ1v) is 46.8. The number of carbonyl (C=O) groups is 4. The van der Waals surface area contributed by atoms with Crippen molar-refractivity contribution in [2.24, 2.45) is 17.8 Å². The lowest BCUT2D eigenvalue weighted by Crippen LogP contribution is -2.30. The van der Waals surface area contributed by atoms with Crippen LogP contribution < -0.4 is 0 Å². The van der Waals surface area contributed by atoms with Crippen LogP contribution in [0.25, 0.3) is 0 Å². The van der Waals surface area contributed by atoms with Gasteiger partial charge in [-0.05, 0) is 43.4 Å². The maximum atomic E-state index is 13.1. The molecule has 618 valence electrons. The Morgan fingerprint density at radius 3 is 0.654 bits per heavy atom.